The molecule has 1 aromatic carbocycles. The highest BCUT2D eigenvalue weighted by Gasteiger charge is 2.20. The molecule has 28 heavy (non-hydrogen) atoms. The minimum absolute atomic E-state index is 0.287. The lowest BCUT2D eigenvalue weighted by atomic mass is 9.97. The normalized spacial score (nSPS) is 15.7. The van der Waals surface area contributed by atoms with Gasteiger partial charge >= 0.3 is 12.2 Å². The van der Waals surface area contributed by atoms with Gasteiger partial charge in [0.15, 0.2) is 0 Å². The van der Waals surface area contributed by atoms with Crippen molar-refractivity contribution in [2.45, 2.75) is 45.8 Å². The van der Waals surface area contributed by atoms with Crippen molar-refractivity contribution in [1.29, 1.82) is 0 Å². The number of carbonyl (C=O) groups excluding carboxylic acids is 2. The predicted octanol–water partition coefficient (Wildman–Crippen LogP) is 3.15. The molecule has 1 aliphatic heterocycles. The lowest BCUT2D eigenvalue weighted by molar-refractivity contribution is 0.0519. The quantitative estimate of drug-likeness (QED) is 0.746. The van der Waals surface area contributed by atoms with E-state index in [0.717, 1.165) is 38.0 Å². The smallest absolute Gasteiger partial charge is 0.407 e. The number of nitrogens with one attached hydrogen (secondary N) is 2. The first-order chi connectivity index (χ1) is 13.3. The van der Waals surface area contributed by atoms with Crippen LogP contribution in [0.4, 0.5) is 9.59 Å². The number of rotatable bonds is 7. The maximum atomic E-state index is 11.8. The number of nitrogens with zero attached hydrogens (tertiary/aromatic N) is 1. The third-order valence-electron chi connectivity index (χ3n) is 4.55. The Balaban J connectivity index is 1.53. The second-order valence-electron chi connectivity index (χ2n) is 8.16. The van der Waals surface area contributed by atoms with Gasteiger partial charge in [-0.05, 0) is 58.2 Å². The topological polar surface area (TPSA) is 79.9 Å². The Labute approximate surface area is 167 Å². The molecular formula is C21H33N3O4. The summed E-state index contributed by atoms with van der Waals surface area (Å²) in [5, 5.41) is 5.65. The summed E-state index contributed by atoms with van der Waals surface area (Å²) in [6.45, 7) is 9.77. The number of carbonyl (C=O) groups is 2. The van der Waals surface area contributed by atoms with Gasteiger partial charge in [0.1, 0.15) is 12.2 Å². The summed E-state index contributed by atoms with van der Waals surface area (Å²) in [6.07, 6.45) is 1.30. The van der Waals surface area contributed by atoms with E-state index in [1.165, 1.54) is 0 Å². The summed E-state index contributed by atoms with van der Waals surface area (Å²) in [5.41, 5.74) is 0.503. The molecule has 156 valence electrons. The van der Waals surface area contributed by atoms with Gasteiger partial charge in [0.2, 0.25) is 0 Å². The molecule has 0 aliphatic carbocycles. The van der Waals surface area contributed by atoms with Crippen LogP contribution in [0.25, 0.3) is 0 Å². The van der Waals surface area contributed by atoms with Gasteiger partial charge in [0.05, 0.1) is 0 Å². The van der Waals surface area contributed by atoms with Crippen molar-refractivity contribution in [3.05, 3.63) is 35.9 Å². The van der Waals surface area contributed by atoms with Gasteiger partial charge in [0, 0.05) is 19.6 Å². The van der Waals surface area contributed by atoms with Crippen LogP contribution in [-0.2, 0) is 16.1 Å². The number of hydrogen-bond acceptors (Lipinski definition) is 5. The third kappa shape index (κ3) is 9.08. The zero-order valence-corrected chi connectivity index (χ0v) is 17.2. The fourth-order valence-corrected chi connectivity index (χ4v) is 3.05. The second kappa shape index (κ2) is 10.9. The molecule has 0 bridgehead atoms. The highest BCUT2D eigenvalue weighted by Crippen LogP contribution is 2.16. The summed E-state index contributed by atoms with van der Waals surface area (Å²) < 4.78 is 10.5. The highest BCUT2D eigenvalue weighted by molar-refractivity contribution is 5.67. The third-order valence-corrected chi connectivity index (χ3v) is 4.55. The Morgan fingerprint density at radius 2 is 1.75 bits per heavy atom. The van der Waals surface area contributed by atoms with Gasteiger partial charge in [-0.1, -0.05) is 30.3 Å². The lowest BCUT2D eigenvalue weighted by Gasteiger charge is -2.32. The van der Waals surface area contributed by atoms with Crippen molar-refractivity contribution in [3.8, 4) is 0 Å². The minimum Gasteiger partial charge on any atom is -0.445 e. The van der Waals surface area contributed by atoms with Crippen LogP contribution in [0.1, 0.15) is 39.2 Å². The van der Waals surface area contributed by atoms with Crippen molar-refractivity contribution < 1.29 is 19.1 Å². The van der Waals surface area contributed by atoms with Crippen molar-refractivity contribution in [2.75, 3.05) is 32.7 Å². The Bertz CT molecular complexity index is 608. The molecule has 0 unspecified atom stereocenters. The number of hydrogen-bond donors (Lipinski definition) is 2. The highest BCUT2D eigenvalue weighted by atomic mass is 16.6. The van der Waals surface area contributed by atoms with Crippen molar-refractivity contribution in [3.63, 3.8) is 0 Å². The molecule has 2 N–H and O–H groups in total. The molecule has 1 aromatic rings. The van der Waals surface area contributed by atoms with Crippen LogP contribution >= 0.6 is 0 Å². The van der Waals surface area contributed by atoms with E-state index < -0.39 is 5.60 Å². The molecule has 7 heteroatoms. The van der Waals surface area contributed by atoms with E-state index in [1.807, 2.05) is 51.1 Å². The van der Waals surface area contributed by atoms with Crippen molar-refractivity contribution in [1.82, 2.24) is 15.5 Å². The first-order valence-electron chi connectivity index (χ1n) is 9.95. The Kier molecular flexibility index (Phi) is 8.57. The van der Waals surface area contributed by atoms with Gasteiger partial charge in [0.25, 0.3) is 0 Å². The predicted molar refractivity (Wildman–Crippen MR) is 108 cm³/mol. The molecule has 1 fully saturated rings. The van der Waals surface area contributed by atoms with Gasteiger partial charge in [-0.2, -0.15) is 0 Å². The Morgan fingerprint density at radius 1 is 1.07 bits per heavy atom. The second-order valence-corrected chi connectivity index (χ2v) is 8.16. The van der Waals surface area contributed by atoms with E-state index >= 15 is 0 Å². The SMILES string of the molecule is CC(C)(C)OC(=O)NCCN1CCC(CNC(=O)OCc2ccccc2)CC1. The van der Waals surface area contributed by atoms with Crippen LogP contribution in [0.5, 0.6) is 0 Å². The summed E-state index contributed by atoms with van der Waals surface area (Å²) in [6, 6.07) is 9.64. The van der Waals surface area contributed by atoms with Gasteiger partial charge in [-0.15, -0.1) is 0 Å². The molecule has 0 saturated carbocycles. The van der Waals surface area contributed by atoms with Crippen molar-refractivity contribution >= 4 is 12.2 Å². The molecule has 0 spiro atoms. The molecule has 1 aliphatic rings. The number of alkyl carbamates (subject to hydrolysis) is 2. The van der Waals surface area contributed by atoms with E-state index in [-0.39, 0.29) is 18.8 Å². The number of ether oxygens (including phenoxy) is 2. The first-order valence-corrected chi connectivity index (χ1v) is 9.95. The van der Waals surface area contributed by atoms with Crippen LogP contribution in [0.2, 0.25) is 0 Å². The fourth-order valence-electron chi connectivity index (χ4n) is 3.05. The summed E-state index contributed by atoms with van der Waals surface area (Å²) in [4.78, 5) is 25.8. The molecule has 1 saturated heterocycles. The largest absolute Gasteiger partial charge is 0.445 e. The molecule has 1 heterocycles. The van der Waals surface area contributed by atoms with Crippen LogP contribution in [0.15, 0.2) is 30.3 Å². The molecule has 2 rings (SSSR count). The Hall–Kier alpha value is -2.28. The standard InChI is InChI=1S/C21H33N3O4/c1-21(2,3)28-20(26)22-11-14-24-12-9-17(10-13-24)15-23-19(25)27-16-18-7-5-4-6-8-18/h4-8,17H,9-16H2,1-3H3,(H,22,26)(H,23,25). The van der Waals surface area contributed by atoms with Gasteiger partial charge in [-0.25, -0.2) is 9.59 Å². The van der Waals surface area contributed by atoms with E-state index in [9.17, 15) is 9.59 Å². The lowest BCUT2D eigenvalue weighted by Crippen LogP contribution is -2.42. The molecular weight excluding hydrogens is 358 g/mol. The summed E-state index contributed by atoms with van der Waals surface area (Å²) >= 11 is 0. The maximum absolute atomic E-state index is 11.8. The summed E-state index contributed by atoms with van der Waals surface area (Å²) in [7, 11) is 0. The van der Waals surface area contributed by atoms with E-state index in [2.05, 4.69) is 15.5 Å². The molecule has 7 nitrogen and oxygen atoms in total. The van der Waals surface area contributed by atoms with Gasteiger partial charge < -0.3 is 25.0 Å². The average molecular weight is 392 g/mol. The minimum atomic E-state index is -0.475. The van der Waals surface area contributed by atoms with Crippen LogP contribution in [0, 0.1) is 5.92 Å². The van der Waals surface area contributed by atoms with Crippen LogP contribution in [-0.4, -0.2) is 55.4 Å². The number of benzene rings is 1. The van der Waals surface area contributed by atoms with Crippen LogP contribution < -0.4 is 10.6 Å². The Morgan fingerprint density at radius 3 is 2.39 bits per heavy atom. The maximum Gasteiger partial charge on any atom is 0.407 e. The zero-order valence-electron chi connectivity index (χ0n) is 17.2. The summed E-state index contributed by atoms with van der Waals surface area (Å²) in [5.74, 6) is 0.458. The van der Waals surface area contributed by atoms with Crippen molar-refractivity contribution in [2.24, 2.45) is 5.92 Å². The van der Waals surface area contributed by atoms with Crippen LogP contribution in [0.3, 0.4) is 0 Å². The van der Waals surface area contributed by atoms with E-state index in [1.54, 1.807) is 0 Å². The molecule has 0 radical (unpaired) electrons. The number of likely N-dealkylation sites (tertiary alicyclic amines) is 1. The van der Waals surface area contributed by atoms with E-state index in [4.69, 9.17) is 9.47 Å². The zero-order chi connectivity index (χ0) is 20.4. The fraction of sp³-hybridized carbons (Fsp3) is 0.619. The first kappa shape index (κ1) is 22.0. The van der Waals surface area contributed by atoms with Gasteiger partial charge in [-0.3, -0.25) is 0 Å². The monoisotopic (exact) mass is 391 g/mol. The van der Waals surface area contributed by atoms with E-state index in [0.29, 0.717) is 19.0 Å². The number of amides is 2. The molecule has 0 aromatic heterocycles. The molecule has 0 atom stereocenters. The number of piperidine rings is 1. The average Bonchev–Trinajstić information content (AvgIpc) is 2.65. The molecule has 2 amide bonds.